The van der Waals surface area contributed by atoms with Gasteiger partial charge in [-0.3, -0.25) is 4.79 Å². The van der Waals surface area contributed by atoms with Gasteiger partial charge in [0, 0.05) is 23.7 Å². The van der Waals surface area contributed by atoms with Gasteiger partial charge in [0.2, 0.25) is 11.7 Å². The molecule has 2 aromatic carbocycles. The first-order valence-electron chi connectivity index (χ1n) is 9.90. The summed E-state index contributed by atoms with van der Waals surface area (Å²) in [7, 11) is 0. The van der Waals surface area contributed by atoms with E-state index < -0.39 is 12.0 Å². The number of carbonyl (C=O) groups excluding carboxylic acids is 1. The van der Waals surface area contributed by atoms with Gasteiger partial charge in [0.25, 0.3) is 0 Å². The zero-order valence-corrected chi connectivity index (χ0v) is 17.9. The van der Waals surface area contributed by atoms with E-state index in [1.54, 1.807) is 36.4 Å². The number of nitriles is 1. The number of amides is 1. The SMILES string of the molecule is N#CCCN(C(=O)CSc1nc(C(F)(F)F)nc2ccccc12)c1ccc2c(c1)OCCO2. The minimum atomic E-state index is -4.71. The van der Waals surface area contributed by atoms with Gasteiger partial charge in [-0.1, -0.05) is 30.0 Å². The average molecular weight is 474 g/mol. The first-order chi connectivity index (χ1) is 15.9. The summed E-state index contributed by atoms with van der Waals surface area (Å²) < 4.78 is 50.8. The molecular weight excluding hydrogens is 457 g/mol. The van der Waals surface area contributed by atoms with Crippen LogP contribution in [0.3, 0.4) is 0 Å². The molecule has 11 heteroatoms. The number of hydrogen-bond donors (Lipinski definition) is 0. The fraction of sp³-hybridized carbons (Fsp3) is 0.273. The highest BCUT2D eigenvalue weighted by atomic mass is 32.2. The molecule has 0 fully saturated rings. The quantitative estimate of drug-likeness (QED) is 0.385. The number of anilines is 1. The molecule has 0 atom stereocenters. The van der Waals surface area contributed by atoms with Crippen LogP contribution in [0.25, 0.3) is 10.9 Å². The molecule has 0 radical (unpaired) electrons. The highest BCUT2D eigenvalue weighted by Crippen LogP contribution is 2.35. The number of rotatable bonds is 6. The van der Waals surface area contributed by atoms with Crippen LogP contribution in [0.15, 0.2) is 47.5 Å². The molecule has 33 heavy (non-hydrogen) atoms. The van der Waals surface area contributed by atoms with Gasteiger partial charge < -0.3 is 14.4 Å². The summed E-state index contributed by atoms with van der Waals surface area (Å²) >= 11 is 0.892. The summed E-state index contributed by atoms with van der Waals surface area (Å²) in [6.45, 7) is 0.918. The molecule has 0 N–H and O–H groups in total. The second-order valence-corrected chi connectivity index (χ2v) is 7.90. The highest BCUT2D eigenvalue weighted by molar-refractivity contribution is 8.00. The average Bonchev–Trinajstić information content (AvgIpc) is 2.82. The van der Waals surface area contributed by atoms with Gasteiger partial charge in [-0.2, -0.15) is 18.4 Å². The summed E-state index contributed by atoms with van der Waals surface area (Å²) in [6, 6.07) is 13.3. The lowest BCUT2D eigenvalue weighted by atomic mass is 10.2. The molecule has 7 nitrogen and oxygen atoms in total. The Kier molecular flexibility index (Phi) is 6.55. The van der Waals surface area contributed by atoms with Crippen LogP contribution in [0.2, 0.25) is 0 Å². The molecule has 1 aliphatic heterocycles. The number of fused-ring (bicyclic) bond motifs is 2. The van der Waals surface area contributed by atoms with Crippen molar-refractivity contribution >= 4 is 34.3 Å². The number of halogens is 3. The number of aromatic nitrogens is 2. The molecule has 4 rings (SSSR count). The van der Waals surface area contributed by atoms with Crippen molar-refractivity contribution in [2.24, 2.45) is 0 Å². The molecule has 1 aliphatic rings. The van der Waals surface area contributed by atoms with Crippen molar-refractivity contribution in [3.05, 3.63) is 48.3 Å². The number of ether oxygens (including phenoxy) is 2. The van der Waals surface area contributed by atoms with Crippen molar-refractivity contribution in [2.45, 2.75) is 17.6 Å². The van der Waals surface area contributed by atoms with E-state index in [0.717, 1.165) is 11.8 Å². The molecular formula is C22H17F3N4O3S. The zero-order valence-electron chi connectivity index (χ0n) is 17.1. The van der Waals surface area contributed by atoms with E-state index in [1.165, 1.54) is 11.0 Å². The number of hydrogen-bond acceptors (Lipinski definition) is 7. The lowest BCUT2D eigenvalue weighted by Gasteiger charge is -2.25. The van der Waals surface area contributed by atoms with Crippen molar-refractivity contribution in [1.29, 1.82) is 5.26 Å². The van der Waals surface area contributed by atoms with Crippen LogP contribution in [0.5, 0.6) is 11.5 Å². The smallest absolute Gasteiger partial charge is 0.451 e. The minimum Gasteiger partial charge on any atom is -0.486 e. The number of nitrogens with zero attached hydrogens (tertiary/aromatic N) is 4. The molecule has 0 bridgehead atoms. The van der Waals surface area contributed by atoms with Crippen LogP contribution in [0, 0.1) is 11.3 Å². The van der Waals surface area contributed by atoms with Crippen LogP contribution in [0.4, 0.5) is 18.9 Å². The number of benzene rings is 2. The van der Waals surface area contributed by atoms with Gasteiger partial charge in [-0.05, 0) is 18.2 Å². The van der Waals surface area contributed by atoms with E-state index in [2.05, 4.69) is 9.97 Å². The molecule has 170 valence electrons. The lowest BCUT2D eigenvalue weighted by molar-refractivity contribution is -0.145. The summed E-state index contributed by atoms with van der Waals surface area (Å²) in [4.78, 5) is 21.7. The van der Waals surface area contributed by atoms with E-state index in [-0.39, 0.29) is 35.2 Å². The van der Waals surface area contributed by atoms with Crippen molar-refractivity contribution in [3.63, 3.8) is 0 Å². The van der Waals surface area contributed by atoms with Crippen LogP contribution >= 0.6 is 11.8 Å². The third-order valence-electron chi connectivity index (χ3n) is 4.74. The molecule has 2 heterocycles. The van der Waals surface area contributed by atoms with Crippen LogP contribution < -0.4 is 14.4 Å². The van der Waals surface area contributed by atoms with Gasteiger partial charge >= 0.3 is 6.18 Å². The van der Waals surface area contributed by atoms with Gasteiger partial charge in [0.1, 0.15) is 18.2 Å². The van der Waals surface area contributed by atoms with E-state index in [0.29, 0.717) is 35.8 Å². The summed E-state index contributed by atoms with van der Waals surface area (Å²) in [6.07, 6.45) is -4.63. The zero-order chi connectivity index (χ0) is 23.4. The largest absolute Gasteiger partial charge is 0.486 e. The van der Waals surface area contributed by atoms with E-state index >= 15 is 0 Å². The Morgan fingerprint density at radius 2 is 1.88 bits per heavy atom. The Bertz CT molecular complexity index is 1230. The standard InChI is InChI=1S/C22H17F3N4O3S/c23-22(24,25)21-27-16-5-2-1-4-15(16)20(28-21)33-13-19(30)29(9-3-8-26)14-6-7-17-18(12-14)32-11-10-31-17/h1-2,4-7,12H,3,9-11,13H2. The highest BCUT2D eigenvalue weighted by Gasteiger charge is 2.35. The van der Waals surface area contributed by atoms with E-state index in [4.69, 9.17) is 14.7 Å². The Morgan fingerprint density at radius 1 is 1.12 bits per heavy atom. The fourth-order valence-corrected chi connectivity index (χ4v) is 4.15. The van der Waals surface area contributed by atoms with Gasteiger partial charge in [0.05, 0.1) is 23.8 Å². The molecule has 0 saturated carbocycles. The summed E-state index contributed by atoms with van der Waals surface area (Å²) in [5.41, 5.74) is 0.645. The first-order valence-corrected chi connectivity index (χ1v) is 10.9. The predicted molar refractivity (Wildman–Crippen MR) is 115 cm³/mol. The van der Waals surface area contributed by atoms with Gasteiger partial charge in [-0.25, -0.2) is 9.97 Å². The van der Waals surface area contributed by atoms with Gasteiger partial charge in [0.15, 0.2) is 11.5 Å². The van der Waals surface area contributed by atoms with Crippen LogP contribution in [-0.2, 0) is 11.0 Å². The van der Waals surface area contributed by atoms with Crippen LogP contribution in [0.1, 0.15) is 12.2 Å². The van der Waals surface area contributed by atoms with Crippen LogP contribution in [-0.4, -0.2) is 41.4 Å². The van der Waals surface area contributed by atoms with Crippen molar-refractivity contribution < 1.29 is 27.4 Å². The maximum atomic E-state index is 13.3. The third kappa shape index (κ3) is 5.12. The lowest BCUT2D eigenvalue weighted by Crippen LogP contribution is -2.33. The number of alkyl halides is 3. The Balaban J connectivity index is 1.59. The molecule has 0 spiro atoms. The van der Waals surface area contributed by atoms with E-state index in [1.807, 2.05) is 6.07 Å². The number of carbonyl (C=O) groups is 1. The molecule has 3 aromatic rings. The normalized spacial score (nSPS) is 12.9. The van der Waals surface area contributed by atoms with Gasteiger partial charge in [-0.15, -0.1) is 0 Å². The molecule has 0 saturated heterocycles. The maximum absolute atomic E-state index is 13.3. The molecule has 1 amide bonds. The molecule has 0 unspecified atom stereocenters. The summed E-state index contributed by atoms with van der Waals surface area (Å²) in [5, 5.41) is 9.49. The minimum absolute atomic E-state index is 0.0590. The van der Waals surface area contributed by atoms with Crippen molar-refractivity contribution in [1.82, 2.24) is 9.97 Å². The number of para-hydroxylation sites is 1. The second kappa shape index (κ2) is 9.54. The maximum Gasteiger partial charge on any atom is 0.451 e. The van der Waals surface area contributed by atoms with Crippen molar-refractivity contribution in [2.75, 3.05) is 30.4 Å². The third-order valence-corrected chi connectivity index (χ3v) is 5.72. The molecule has 0 aliphatic carbocycles. The second-order valence-electron chi connectivity index (χ2n) is 6.94. The topological polar surface area (TPSA) is 88.3 Å². The monoisotopic (exact) mass is 474 g/mol. The predicted octanol–water partition coefficient (Wildman–Crippen LogP) is 4.46. The Labute approximate surface area is 191 Å². The Morgan fingerprint density at radius 3 is 2.64 bits per heavy atom. The Hall–Kier alpha value is -3.52. The summed E-state index contributed by atoms with van der Waals surface area (Å²) in [5.74, 6) is -0.789. The number of thioether (sulfide) groups is 1. The van der Waals surface area contributed by atoms with E-state index in [9.17, 15) is 18.0 Å². The first kappa shape index (κ1) is 22.7. The van der Waals surface area contributed by atoms with Crippen molar-refractivity contribution in [3.8, 4) is 17.6 Å². The fourth-order valence-electron chi connectivity index (χ4n) is 3.25. The molecule has 1 aromatic heterocycles.